The Labute approximate surface area is 122 Å². The Morgan fingerprint density at radius 3 is 2.80 bits per heavy atom. The van der Waals surface area contributed by atoms with Crippen LogP contribution < -0.4 is 0 Å². The summed E-state index contributed by atoms with van der Waals surface area (Å²) in [5.74, 6) is -1.43. The second kappa shape index (κ2) is 5.92. The molecular weight excluding hydrogens is 283 g/mol. The molecule has 108 valence electrons. The van der Waals surface area contributed by atoms with Gasteiger partial charge in [0.15, 0.2) is 11.2 Å². The van der Waals surface area contributed by atoms with E-state index in [2.05, 4.69) is 0 Å². The van der Waals surface area contributed by atoms with E-state index in [0.29, 0.717) is 18.4 Å². The predicted molar refractivity (Wildman–Crippen MR) is 73.2 cm³/mol. The van der Waals surface area contributed by atoms with Crippen molar-refractivity contribution < 1.29 is 18.7 Å². The molecule has 1 unspecified atom stereocenters. The van der Waals surface area contributed by atoms with Crippen molar-refractivity contribution in [1.29, 1.82) is 0 Å². The van der Waals surface area contributed by atoms with Crippen molar-refractivity contribution in [3.8, 4) is 0 Å². The molecule has 1 atom stereocenters. The van der Waals surface area contributed by atoms with Crippen LogP contribution in [0.5, 0.6) is 0 Å². The van der Waals surface area contributed by atoms with Gasteiger partial charge in [-0.15, -0.1) is 0 Å². The van der Waals surface area contributed by atoms with Crippen molar-refractivity contribution in [3.63, 3.8) is 0 Å². The van der Waals surface area contributed by atoms with E-state index in [1.54, 1.807) is 6.92 Å². The molecule has 0 heterocycles. The number of ketones is 1. The van der Waals surface area contributed by atoms with Crippen LogP contribution in [-0.4, -0.2) is 18.4 Å². The smallest absolute Gasteiger partial charge is 0.324 e. The van der Waals surface area contributed by atoms with Crippen molar-refractivity contribution >= 4 is 23.4 Å². The highest BCUT2D eigenvalue weighted by Gasteiger charge is 2.49. The van der Waals surface area contributed by atoms with Gasteiger partial charge in [0.1, 0.15) is 5.82 Å². The molecule has 1 aromatic carbocycles. The van der Waals surface area contributed by atoms with Crippen molar-refractivity contribution in [2.75, 3.05) is 6.61 Å². The van der Waals surface area contributed by atoms with Crippen LogP contribution in [0.25, 0.3) is 0 Å². The van der Waals surface area contributed by atoms with Gasteiger partial charge in [-0.1, -0.05) is 24.1 Å². The summed E-state index contributed by atoms with van der Waals surface area (Å²) >= 11 is 5.67. The van der Waals surface area contributed by atoms with Crippen LogP contribution in [0, 0.1) is 5.82 Å². The van der Waals surface area contributed by atoms with Crippen molar-refractivity contribution in [1.82, 2.24) is 0 Å². The third-order valence-corrected chi connectivity index (χ3v) is 4.02. The van der Waals surface area contributed by atoms with E-state index in [4.69, 9.17) is 16.3 Å². The van der Waals surface area contributed by atoms with Gasteiger partial charge < -0.3 is 4.74 Å². The maximum absolute atomic E-state index is 13.7. The molecule has 20 heavy (non-hydrogen) atoms. The lowest BCUT2D eigenvalue weighted by Crippen LogP contribution is -2.47. The van der Waals surface area contributed by atoms with Crippen LogP contribution in [0.2, 0.25) is 5.02 Å². The van der Waals surface area contributed by atoms with Crippen LogP contribution in [0.1, 0.15) is 38.2 Å². The molecule has 0 aliphatic heterocycles. The average molecular weight is 299 g/mol. The predicted octanol–water partition coefficient (Wildman–Crippen LogP) is 3.42. The Balaban J connectivity index is 2.53. The number of rotatable bonds is 3. The third kappa shape index (κ3) is 2.44. The van der Waals surface area contributed by atoms with E-state index in [1.807, 2.05) is 0 Å². The van der Waals surface area contributed by atoms with Crippen LogP contribution in [0.15, 0.2) is 18.2 Å². The molecule has 1 aromatic rings. The third-order valence-electron chi connectivity index (χ3n) is 3.72. The van der Waals surface area contributed by atoms with E-state index >= 15 is 0 Å². The van der Waals surface area contributed by atoms with Crippen LogP contribution in [-0.2, 0) is 19.7 Å². The average Bonchev–Trinajstić information content (AvgIpc) is 2.43. The molecule has 0 saturated heterocycles. The maximum atomic E-state index is 13.7. The van der Waals surface area contributed by atoms with E-state index in [-0.39, 0.29) is 17.4 Å². The number of carbonyl (C=O) groups excluding carboxylic acids is 2. The van der Waals surface area contributed by atoms with Gasteiger partial charge in [-0.25, -0.2) is 4.39 Å². The highest BCUT2D eigenvalue weighted by molar-refractivity contribution is 6.30. The number of hydrogen-bond donors (Lipinski definition) is 0. The lowest BCUT2D eigenvalue weighted by molar-refractivity contribution is -0.155. The summed E-state index contributed by atoms with van der Waals surface area (Å²) in [6, 6.07) is 4.07. The first-order valence-electron chi connectivity index (χ1n) is 6.68. The van der Waals surface area contributed by atoms with Gasteiger partial charge in [-0.05, 0) is 37.5 Å². The van der Waals surface area contributed by atoms with E-state index < -0.39 is 17.2 Å². The lowest BCUT2D eigenvalue weighted by atomic mass is 9.68. The largest absolute Gasteiger partial charge is 0.465 e. The minimum absolute atomic E-state index is 0.0315. The molecule has 3 nitrogen and oxygen atoms in total. The number of hydrogen-bond acceptors (Lipinski definition) is 3. The molecule has 1 aliphatic rings. The standard InChI is InChI=1S/C15H16ClFO3/c1-2-20-14(19)15(8-4-3-5-13(15)18)10-6-7-11(16)12(17)9-10/h6-7,9H,2-5,8H2,1H3. The molecular formula is C15H16ClFO3. The van der Waals surface area contributed by atoms with Gasteiger partial charge >= 0.3 is 5.97 Å². The fourth-order valence-corrected chi connectivity index (χ4v) is 2.80. The Hall–Kier alpha value is -1.42. The fourth-order valence-electron chi connectivity index (χ4n) is 2.68. The molecule has 0 amide bonds. The normalized spacial score (nSPS) is 22.6. The summed E-state index contributed by atoms with van der Waals surface area (Å²) in [4.78, 5) is 24.7. The molecule has 0 radical (unpaired) electrons. The van der Waals surface area contributed by atoms with E-state index in [1.165, 1.54) is 18.2 Å². The zero-order valence-electron chi connectivity index (χ0n) is 11.2. The van der Waals surface area contributed by atoms with Gasteiger partial charge in [-0.2, -0.15) is 0 Å². The molecule has 0 N–H and O–H groups in total. The SMILES string of the molecule is CCOC(=O)C1(c2ccc(Cl)c(F)c2)CCCCC1=O. The molecule has 5 heteroatoms. The van der Waals surface area contributed by atoms with Crippen LogP contribution >= 0.6 is 11.6 Å². The highest BCUT2D eigenvalue weighted by Crippen LogP contribution is 2.39. The molecule has 0 spiro atoms. The summed E-state index contributed by atoms with van der Waals surface area (Å²) in [5, 5.41) is -0.0315. The minimum atomic E-state index is -1.38. The van der Waals surface area contributed by atoms with Gasteiger partial charge in [0, 0.05) is 6.42 Å². The molecule has 1 fully saturated rings. The second-order valence-corrected chi connectivity index (χ2v) is 5.29. The lowest BCUT2D eigenvalue weighted by Gasteiger charge is -2.33. The molecule has 2 rings (SSSR count). The molecule has 1 aliphatic carbocycles. The molecule has 0 bridgehead atoms. The number of Topliss-reactive ketones (excluding diaryl/α,β-unsaturated/α-hetero) is 1. The summed E-state index contributed by atoms with van der Waals surface area (Å²) < 4.78 is 18.7. The zero-order chi connectivity index (χ0) is 14.8. The minimum Gasteiger partial charge on any atom is -0.465 e. The first-order chi connectivity index (χ1) is 9.52. The van der Waals surface area contributed by atoms with E-state index in [9.17, 15) is 14.0 Å². The van der Waals surface area contributed by atoms with Gasteiger partial charge in [-0.3, -0.25) is 9.59 Å². The Kier molecular flexibility index (Phi) is 4.43. The second-order valence-electron chi connectivity index (χ2n) is 4.88. The van der Waals surface area contributed by atoms with Gasteiger partial charge in [0.2, 0.25) is 0 Å². The monoisotopic (exact) mass is 298 g/mol. The maximum Gasteiger partial charge on any atom is 0.324 e. The van der Waals surface area contributed by atoms with Crippen molar-refractivity contribution in [3.05, 3.63) is 34.6 Å². The van der Waals surface area contributed by atoms with Crippen LogP contribution in [0.3, 0.4) is 0 Å². The summed E-state index contributed by atoms with van der Waals surface area (Å²) in [7, 11) is 0. The molecule has 1 saturated carbocycles. The highest BCUT2D eigenvalue weighted by atomic mass is 35.5. The van der Waals surface area contributed by atoms with Crippen molar-refractivity contribution in [2.45, 2.75) is 38.0 Å². The van der Waals surface area contributed by atoms with Gasteiger partial charge in [0.05, 0.1) is 11.6 Å². The number of benzene rings is 1. The Bertz CT molecular complexity index is 544. The number of esters is 1. The topological polar surface area (TPSA) is 43.4 Å². The Morgan fingerprint density at radius 1 is 1.45 bits per heavy atom. The number of ether oxygens (including phenoxy) is 1. The van der Waals surface area contributed by atoms with E-state index in [0.717, 1.165) is 12.8 Å². The van der Waals surface area contributed by atoms with Crippen molar-refractivity contribution in [2.24, 2.45) is 0 Å². The van der Waals surface area contributed by atoms with Crippen LogP contribution in [0.4, 0.5) is 4.39 Å². The van der Waals surface area contributed by atoms with Gasteiger partial charge in [0.25, 0.3) is 0 Å². The number of halogens is 2. The summed E-state index contributed by atoms with van der Waals surface area (Å²) in [5.41, 5.74) is -1.04. The summed E-state index contributed by atoms with van der Waals surface area (Å²) in [6.45, 7) is 1.87. The first kappa shape index (κ1) is 15.0. The summed E-state index contributed by atoms with van der Waals surface area (Å²) in [6.07, 6.45) is 2.14. The number of carbonyl (C=O) groups is 2. The molecule has 0 aromatic heterocycles. The quantitative estimate of drug-likeness (QED) is 0.634. The first-order valence-corrected chi connectivity index (χ1v) is 7.06. The zero-order valence-corrected chi connectivity index (χ0v) is 12.0. The Morgan fingerprint density at radius 2 is 2.20 bits per heavy atom. The fraction of sp³-hybridized carbons (Fsp3) is 0.467.